The molecule has 5 rings (SSSR count). The zero-order valence-corrected chi connectivity index (χ0v) is 16.7. The molecule has 148 valence electrons. The molecule has 0 saturated carbocycles. The largest absolute Gasteiger partial charge is 1.00 e. The number of rotatable bonds is 0. The summed E-state index contributed by atoms with van der Waals surface area (Å²) < 4.78 is 8.31. The molecule has 0 spiro atoms. The van der Waals surface area contributed by atoms with E-state index in [4.69, 9.17) is 0 Å². The van der Waals surface area contributed by atoms with Gasteiger partial charge in [0.1, 0.15) is 38.4 Å². The van der Waals surface area contributed by atoms with Crippen LogP contribution in [0.3, 0.4) is 0 Å². The number of hydrogen-bond acceptors (Lipinski definition) is 2. The number of fused-ring (bicyclic) bond motifs is 10. The molecule has 2 aromatic carbocycles. The van der Waals surface area contributed by atoms with Crippen molar-refractivity contribution in [2.45, 2.75) is 38.4 Å². The highest BCUT2D eigenvalue weighted by Crippen LogP contribution is 2.15. The van der Waals surface area contributed by atoms with Crippen molar-refractivity contribution >= 4 is 22.1 Å². The molecule has 1 aliphatic heterocycles. The van der Waals surface area contributed by atoms with E-state index < -0.39 is 12.2 Å². The quantitative estimate of drug-likeness (QED) is 0.279. The standard InChI is InChI=1S/C20H22N4O2.2ClH/c25-15-9-21-13-22(18-6-2-1-5-17(18)21)10-16(26)12-24-14-23(11-15)19-7-3-4-8-20(19)24;;/h1-8,13-16,25-26H,9-12H2;2*1H/q+2;;/p-2. The molecule has 0 fully saturated rings. The number of aliphatic hydroxyl groups excluding tert-OH is 2. The lowest BCUT2D eigenvalue weighted by molar-refractivity contribution is -0.714. The fourth-order valence-electron chi connectivity index (χ4n) is 4.09. The highest BCUT2D eigenvalue weighted by atomic mass is 35.5. The summed E-state index contributed by atoms with van der Waals surface area (Å²) in [5.74, 6) is 0. The number of nitrogens with zero attached hydrogens (tertiary/aromatic N) is 4. The molecule has 4 bridgehead atoms. The Morgan fingerprint density at radius 2 is 1.11 bits per heavy atom. The van der Waals surface area contributed by atoms with Crippen LogP contribution in [0.4, 0.5) is 0 Å². The summed E-state index contributed by atoms with van der Waals surface area (Å²) >= 11 is 0. The van der Waals surface area contributed by atoms with Crippen LogP contribution in [0.25, 0.3) is 22.1 Å². The highest BCUT2D eigenvalue weighted by molar-refractivity contribution is 5.72. The first kappa shape index (κ1) is 20.6. The fourth-order valence-corrected chi connectivity index (χ4v) is 4.09. The summed E-state index contributed by atoms with van der Waals surface area (Å²) in [6.45, 7) is 2.04. The molecule has 2 aromatic heterocycles. The molecule has 28 heavy (non-hydrogen) atoms. The summed E-state index contributed by atoms with van der Waals surface area (Å²) in [7, 11) is 0. The second kappa shape index (κ2) is 8.09. The van der Waals surface area contributed by atoms with Crippen LogP contribution in [-0.4, -0.2) is 31.6 Å². The number of aliphatic hydroxyl groups is 2. The number of benzene rings is 2. The van der Waals surface area contributed by atoms with E-state index in [0.29, 0.717) is 26.2 Å². The van der Waals surface area contributed by atoms with E-state index in [9.17, 15) is 10.2 Å². The monoisotopic (exact) mass is 420 g/mol. The van der Waals surface area contributed by atoms with Crippen LogP contribution in [0.2, 0.25) is 0 Å². The second-order valence-corrected chi connectivity index (χ2v) is 7.13. The normalized spacial score (nSPS) is 19.4. The maximum absolute atomic E-state index is 10.7. The molecule has 4 aromatic rings. The van der Waals surface area contributed by atoms with E-state index in [2.05, 4.69) is 42.5 Å². The summed E-state index contributed by atoms with van der Waals surface area (Å²) in [5, 5.41) is 21.5. The van der Waals surface area contributed by atoms with E-state index in [-0.39, 0.29) is 24.8 Å². The lowest BCUT2D eigenvalue weighted by Gasteiger charge is -2.08. The van der Waals surface area contributed by atoms with Crippen LogP contribution in [-0.2, 0) is 26.2 Å². The van der Waals surface area contributed by atoms with Crippen molar-refractivity contribution < 1.29 is 44.2 Å². The van der Waals surface area contributed by atoms with Gasteiger partial charge in [-0.25, -0.2) is 18.3 Å². The van der Waals surface area contributed by atoms with Gasteiger partial charge in [0, 0.05) is 0 Å². The minimum atomic E-state index is -0.507. The van der Waals surface area contributed by atoms with Crippen LogP contribution in [0.5, 0.6) is 0 Å². The van der Waals surface area contributed by atoms with Crippen molar-refractivity contribution in [3.8, 4) is 0 Å². The van der Waals surface area contributed by atoms with Gasteiger partial charge in [-0.05, 0) is 24.3 Å². The molecular weight excluding hydrogens is 399 g/mol. The molecule has 0 saturated heterocycles. The third-order valence-corrected chi connectivity index (χ3v) is 5.19. The molecule has 8 heteroatoms. The average Bonchev–Trinajstić information content (AvgIpc) is 3.14. The Labute approximate surface area is 175 Å². The van der Waals surface area contributed by atoms with Crippen molar-refractivity contribution in [3.63, 3.8) is 0 Å². The van der Waals surface area contributed by atoms with Gasteiger partial charge in [-0.15, -0.1) is 0 Å². The van der Waals surface area contributed by atoms with Gasteiger partial charge in [0.15, 0.2) is 22.1 Å². The van der Waals surface area contributed by atoms with Gasteiger partial charge in [-0.1, -0.05) is 24.3 Å². The summed E-state index contributed by atoms with van der Waals surface area (Å²) in [6, 6.07) is 16.3. The Kier molecular flexibility index (Phi) is 5.95. The molecule has 0 aliphatic carbocycles. The van der Waals surface area contributed by atoms with Crippen LogP contribution in [0.15, 0.2) is 61.2 Å². The summed E-state index contributed by atoms with van der Waals surface area (Å²) in [6.07, 6.45) is 2.99. The Balaban J connectivity index is 0.00000112. The van der Waals surface area contributed by atoms with E-state index in [0.717, 1.165) is 22.1 Å². The van der Waals surface area contributed by atoms with Crippen LogP contribution in [0, 0.1) is 0 Å². The lowest BCUT2D eigenvalue weighted by Crippen LogP contribution is -3.00. The first-order valence-corrected chi connectivity index (χ1v) is 9.00. The predicted octanol–water partition coefficient (Wildman–Crippen LogP) is -5.39. The molecule has 6 nitrogen and oxygen atoms in total. The number of aromatic nitrogens is 4. The summed E-state index contributed by atoms with van der Waals surface area (Å²) in [5.41, 5.74) is 4.29. The molecule has 3 heterocycles. The maximum Gasteiger partial charge on any atom is 0.244 e. The smallest absolute Gasteiger partial charge is 0.244 e. The topological polar surface area (TPSA) is 58.1 Å². The van der Waals surface area contributed by atoms with Crippen molar-refractivity contribution in [2.75, 3.05) is 0 Å². The van der Waals surface area contributed by atoms with Gasteiger partial charge in [0.05, 0.1) is 0 Å². The minimum Gasteiger partial charge on any atom is -1.00 e. The van der Waals surface area contributed by atoms with Crippen LogP contribution >= 0.6 is 0 Å². The van der Waals surface area contributed by atoms with Gasteiger partial charge in [0.2, 0.25) is 12.7 Å². The molecule has 1 aliphatic rings. The Morgan fingerprint density at radius 1 is 0.679 bits per heavy atom. The van der Waals surface area contributed by atoms with E-state index in [1.165, 1.54) is 0 Å². The van der Waals surface area contributed by atoms with Crippen molar-refractivity contribution in [2.24, 2.45) is 0 Å². The third kappa shape index (κ3) is 3.49. The first-order chi connectivity index (χ1) is 12.7. The van der Waals surface area contributed by atoms with Crippen molar-refractivity contribution in [1.29, 1.82) is 0 Å². The van der Waals surface area contributed by atoms with Crippen molar-refractivity contribution in [1.82, 2.24) is 9.13 Å². The Hall–Kier alpha value is -2.12. The molecule has 0 radical (unpaired) electrons. The number of hydrogen-bond donors (Lipinski definition) is 2. The molecule has 0 unspecified atom stereocenters. The van der Waals surface area contributed by atoms with Crippen LogP contribution < -0.4 is 33.9 Å². The van der Waals surface area contributed by atoms with Gasteiger partial charge in [0.25, 0.3) is 0 Å². The van der Waals surface area contributed by atoms with E-state index in [1.807, 2.05) is 36.9 Å². The second-order valence-electron chi connectivity index (χ2n) is 7.13. The zero-order valence-electron chi connectivity index (χ0n) is 15.2. The lowest BCUT2D eigenvalue weighted by atomic mass is 10.2. The van der Waals surface area contributed by atoms with Crippen LogP contribution in [0.1, 0.15) is 0 Å². The number of para-hydroxylation sites is 4. The molecular formula is C20H22Cl2N4O2. The minimum absolute atomic E-state index is 0. The SMILES string of the molecule is OC1Cn2c[n+](c3ccccc32)CC(O)C[n+]2cn(c3ccccc32)C1.[Cl-].[Cl-]. The van der Waals surface area contributed by atoms with Crippen molar-refractivity contribution in [3.05, 3.63) is 61.2 Å². The van der Waals surface area contributed by atoms with Gasteiger partial charge in [-0.3, -0.25) is 0 Å². The van der Waals surface area contributed by atoms with E-state index in [1.54, 1.807) is 0 Å². The molecule has 2 N–H and O–H groups in total. The third-order valence-electron chi connectivity index (χ3n) is 5.19. The average molecular weight is 421 g/mol. The maximum atomic E-state index is 10.7. The Bertz CT molecular complexity index is 940. The first-order valence-electron chi connectivity index (χ1n) is 9.00. The fraction of sp³-hybridized carbons (Fsp3) is 0.300. The van der Waals surface area contributed by atoms with E-state index >= 15 is 0 Å². The molecule has 0 amide bonds. The predicted molar refractivity (Wildman–Crippen MR) is 96.3 cm³/mol. The number of imidazole rings is 2. The molecule has 0 atom stereocenters. The van der Waals surface area contributed by atoms with Gasteiger partial charge in [-0.2, -0.15) is 0 Å². The zero-order chi connectivity index (χ0) is 17.7. The van der Waals surface area contributed by atoms with Gasteiger partial charge < -0.3 is 35.0 Å². The number of halogens is 2. The Morgan fingerprint density at radius 3 is 1.57 bits per heavy atom. The van der Waals surface area contributed by atoms with Gasteiger partial charge >= 0.3 is 0 Å². The summed E-state index contributed by atoms with van der Waals surface area (Å²) in [4.78, 5) is 0. The highest BCUT2D eigenvalue weighted by Gasteiger charge is 2.26.